The number of methoxy groups -OCH3 is 3. The Morgan fingerprint density at radius 3 is 2.39 bits per heavy atom. The van der Waals surface area contributed by atoms with Crippen LogP contribution in [-0.2, 0) is 12.8 Å². The third-order valence-electron chi connectivity index (χ3n) is 4.44. The van der Waals surface area contributed by atoms with Crippen LogP contribution in [0.4, 0.5) is 5.88 Å². The Morgan fingerprint density at radius 1 is 1.13 bits per heavy atom. The van der Waals surface area contributed by atoms with Gasteiger partial charge in [-0.3, -0.25) is 0 Å². The second kappa shape index (κ2) is 6.40. The summed E-state index contributed by atoms with van der Waals surface area (Å²) in [4.78, 5) is 0. The summed E-state index contributed by atoms with van der Waals surface area (Å²) in [5, 5.41) is 7.22. The second-order valence-corrected chi connectivity index (χ2v) is 5.59. The molecule has 0 radical (unpaired) electrons. The van der Waals surface area contributed by atoms with Crippen molar-refractivity contribution in [3.05, 3.63) is 29.0 Å². The van der Waals surface area contributed by atoms with E-state index in [1.807, 2.05) is 19.2 Å². The van der Waals surface area contributed by atoms with Gasteiger partial charge in [0.1, 0.15) is 0 Å². The van der Waals surface area contributed by atoms with Crippen LogP contribution in [0.1, 0.15) is 29.2 Å². The molecule has 1 atom stereocenters. The molecule has 3 rings (SSSR count). The lowest BCUT2D eigenvalue weighted by Gasteiger charge is -2.23. The highest BCUT2D eigenvalue weighted by Crippen LogP contribution is 2.43. The summed E-state index contributed by atoms with van der Waals surface area (Å²) in [6.07, 6.45) is 2.80. The van der Waals surface area contributed by atoms with E-state index in [1.54, 1.807) is 21.3 Å². The molecule has 1 aliphatic carbocycles. The maximum atomic E-state index is 5.46. The fraction of sp³-hybridized carbons (Fsp3) is 0.471. The number of fused-ring (bicyclic) bond motifs is 1. The SMILES string of the molecule is CNc1onc2c1CC(c1cc(OC)c(OC)c(OC)c1)CC2. The molecule has 1 aliphatic rings. The largest absolute Gasteiger partial charge is 0.493 e. The first-order valence-electron chi connectivity index (χ1n) is 7.66. The molecule has 0 fully saturated rings. The van der Waals surface area contributed by atoms with Crippen molar-refractivity contribution in [1.82, 2.24) is 5.16 Å². The Balaban J connectivity index is 1.96. The molecule has 6 nitrogen and oxygen atoms in total. The quantitative estimate of drug-likeness (QED) is 0.914. The van der Waals surface area contributed by atoms with Crippen LogP contribution in [0.25, 0.3) is 0 Å². The third-order valence-corrected chi connectivity index (χ3v) is 4.44. The summed E-state index contributed by atoms with van der Waals surface area (Å²) in [6, 6.07) is 4.06. The molecule has 2 aromatic rings. The number of nitrogens with one attached hydrogen (secondary N) is 1. The van der Waals surface area contributed by atoms with Crippen molar-refractivity contribution in [2.75, 3.05) is 33.7 Å². The number of hydrogen-bond acceptors (Lipinski definition) is 6. The van der Waals surface area contributed by atoms with Gasteiger partial charge in [0.05, 0.1) is 27.0 Å². The first kappa shape index (κ1) is 15.5. The van der Waals surface area contributed by atoms with Crippen LogP contribution in [0.5, 0.6) is 17.2 Å². The topological polar surface area (TPSA) is 65.8 Å². The molecular formula is C17H22N2O4. The molecule has 0 bridgehead atoms. The summed E-state index contributed by atoms with van der Waals surface area (Å²) < 4.78 is 21.7. The molecule has 0 saturated carbocycles. The number of ether oxygens (including phenoxy) is 3. The van der Waals surface area contributed by atoms with E-state index in [2.05, 4.69) is 10.5 Å². The van der Waals surface area contributed by atoms with Crippen LogP contribution in [0, 0.1) is 0 Å². The summed E-state index contributed by atoms with van der Waals surface area (Å²) in [6.45, 7) is 0. The normalized spacial score (nSPS) is 16.6. The fourth-order valence-electron chi connectivity index (χ4n) is 3.23. The molecule has 124 valence electrons. The van der Waals surface area contributed by atoms with Crippen LogP contribution >= 0.6 is 0 Å². The van der Waals surface area contributed by atoms with Crippen molar-refractivity contribution in [3.63, 3.8) is 0 Å². The van der Waals surface area contributed by atoms with Crippen molar-refractivity contribution < 1.29 is 18.7 Å². The van der Waals surface area contributed by atoms with Gasteiger partial charge in [-0.2, -0.15) is 0 Å². The molecule has 0 amide bonds. The van der Waals surface area contributed by atoms with Gasteiger partial charge in [0.2, 0.25) is 11.6 Å². The van der Waals surface area contributed by atoms with E-state index in [0.717, 1.165) is 36.4 Å². The average Bonchev–Trinajstić information content (AvgIpc) is 3.02. The van der Waals surface area contributed by atoms with Gasteiger partial charge >= 0.3 is 0 Å². The van der Waals surface area contributed by atoms with Crippen molar-refractivity contribution >= 4 is 5.88 Å². The highest BCUT2D eigenvalue weighted by Gasteiger charge is 2.27. The molecule has 1 heterocycles. The van der Waals surface area contributed by atoms with Crippen LogP contribution < -0.4 is 19.5 Å². The summed E-state index contributed by atoms with van der Waals surface area (Å²) in [5.41, 5.74) is 3.39. The smallest absolute Gasteiger partial charge is 0.227 e. The van der Waals surface area contributed by atoms with E-state index in [9.17, 15) is 0 Å². The van der Waals surface area contributed by atoms with Gasteiger partial charge < -0.3 is 24.1 Å². The number of anilines is 1. The standard InChI is InChI=1S/C17H22N2O4/c1-18-17-12-7-10(5-6-13(12)19-23-17)11-8-14(20-2)16(22-4)15(9-11)21-3/h8-10,18H,5-7H2,1-4H3. The van der Waals surface area contributed by atoms with Crippen molar-refractivity contribution in [2.24, 2.45) is 0 Å². The Morgan fingerprint density at radius 2 is 1.83 bits per heavy atom. The van der Waals surface area contributed by atoms with Gasteiger partial charge in [-0.1, -0.05) is 5.16 Å². The highest BCUT2D eigenvalue weighted by molar-refractivity contribution is 5.55. The lowest BCUT2D eigenvalue weighted by atomic mass is 9.82. The van der Waals surface area contributed by atoms with E-state index >= 15 is 0 Å². The molecule has 0 spiro atoms. The zero-order valence-electron chi connectivity index (χ0n) is 13.9. The van der Waals surface area contributed by atoms with Crippen molar-refractivity contribution in [1.29, 1.82) is 0 Å². The minimum absolute atomic E-state index is 0.364. The van der Waals surface area contributed by atoms with Gasteiger partial charge in [0, 0.05) is 12.6 Å². The zero-order chi connectivity index (χ0) is 16.4. The van der Waals surface area contributed by atoms with Gasteiger partial charge in [0.15, 0.2) is 11.5 Å². The van der Waals surface area contributed by atoms with E-state index in [4.69, 9.17) is 18.7 Å². The third kappa shape index (κ3) is 2.69. The maximum absolute atomic E-state index is 5.46. The van der Waals surface area contributed by atoms with Crippen LogP contribution in [0.2, 0.25) is 0 Å². The second-order valence-electron chi connectivity index (χ2n) is 5.59. The predicted octanol–water partition coefficient (Wildman–Crippen LogP) is 3.01. The highest BCUT2D eigenvalue weighted by atomic mass is 16.5. The Kier molecular flexibility index (Phi) is 4.32. The Hall–Kier alpha value is -2.37. The Bertz CT molecular complexity index is 657. The number of rotatable bonds is 5. The Labute approximate surface area is 135 Å². The zero-order valence-corrected chi connectivity index (χ0v) is 13.9. The molecule has 6 heteroatoms. The average molecular weight is 318 g/mol. The lowest BCUT2D eigenvalue weighted by molar-refractivity contribution is 0.323. The van der Waals surface area contributed by atoms with Crippen molar-refractivity contribution in [3.8, 4) is 17.2 Å². The predicted molar refractivity (Wildman–Crippen MR) is 86.9 cm³/mol. The number of benzene rings is 1. The molecule has 1 unspecified atom stereocenters. The van der Waals surface area contributed by atoms with E-state index in [-0.39, 0.29) is 0 Å². The minimum atomic E-state index is 0.364. The van der Waals surface area contributed by atoms with E-state index in [0.29, 0.717) is 23.2 Å². The van der Waals surface area contributed by atoms with Gasteiger partial charge in [-0.05, 0) is 42.9 Å². The van der Waals surface area contributed by atoms with E-state index < -0.39 is 0 Å². The number of aryl methyl sites for hydroxylation is 1. The monoisotopic (exact) mass is 318 g/mol. The molecule has 0 aliphatic heterocycles. The molecule has 1 aromatic carbocycles. The van der Waals surface area contributed by atoms with Crippen LogP contribution in [0.3, 0.4) is 0 Å². The number of hydrogen-bond donors (Lipinski definition) is 1. The first-order valence-corrected chi connectivity index (χ1v) is 7.66. The van der Waals surface area contributed by atoms with Crippen LogP contribution in [0.15, 0.2) is 16.7 Å². The van der Waals surface area contributed by atoms with Crippen molar-refractivity contribution in [2.45, 2.75) is 25.2 Å². The summed E-state index contributed by atoms with van der Waals surface area (Å²) >= 11 is 0. The molecule has 0 saturated heterocycles. The number of nitrogens with zero attached hydrogens (tertiary/aromatic N) is 1. The minimum Gasteiger partial charge on any atom is -0.493 e. The number of aromatic nitrogens is 1. The summed E-state index contributed by atoms with van der Waals surface area (Å²) in [5.74, 6) is 3.12. The van der Waals surface area contributed by atoms with Crippen LogP contribution in [-0.4, -0.2) is 33.5 Å². The lowest BCUT2D eigenvalue weighted by Crippen LogP contribution is -2.13. The summed E-state index contributed by atoms with van der Waals surface area (Å²) in [7, 11) is 6.74. The van der Waals surface area contributed by atoms with Gasteiger partial charge in [-0.25, -0.2) is 0 Å². The molecule has 1 aromatic heterocycles. The molecule has 23 heavy (non-hydrogen) atoms. The molecular weight excluding hydrogens is 296 g/mol. The first-order chi connectivity index (χ1) is 11.2. The van der Waals surface area contributed by atoms with Gasteiger partial charge in [0.25, 0.3) is 0 Å². The maximum Gasteiger partial charge on any atom is 0.227 e. The molecule has 1 N–H and O–H groups in total. The van der Waals surface area contributed by atoms with E-state index in [1.165, 1.54) is 5.56 Å². The fourth-order valence-corrected chi connectivity index (χ4v) is 3.23. The van der Waals surface area contributed by atoms with Gasteiger partial charge in [-0.15, -0.1) is 0 Å².